The van der Waals surface area contributed by atoms with Gasteiger partial charge in [-0.15, -0.1) is 22.7 Å². The van der Waals surface area contributed by atoms with E-state index >= 15 is 0 Å². The third-order valence-corrected chi connectivity index (χ3v) is 4.38. The van der Waals surface area contributed by atoms with Crippen LogP contribution in [0.2, 0.25) is 0 Å². The summed E-state index contributed by atoms with van der Waals surface area (Å²) in [7, 11) is 0. The zero-order valence-electron chi connectivity index (χ0n) is 7.43. The van der Waals surface area contributed by atoms with Gasteiger partial charge in [0.15, 0.2) is 11.0 Å². The van der Waals surface area contributed by atoms with Gasteiger partial charge in [-0.2, -0.15) is 0 Å². The minimum atomic E-state index is 0.884. The van der Waals surface area contributed by atoms with Crippen molar-refractivity contribution < 1.29 is 4.63 Å². The molecule has 0 saturated heterocycles. The highest BCUT2D eigenvalue weighted by Crippen LogP contribution is 2.38. The predicted octanol–water partition coefficient (Wildman–Crippen LogP) is 3.65. The Morgan fingerprint density at radius 3 is 1.93 bits per heavy atom. The highest BCUT2D eigenvalue weighted by molar-refractivity contribution is 7.20. The van der Waals surface area contributed by atoms with Gasteiger partial charge in [0.25, 0.3) is 0 Å². The van der Waals surface area contributed by atoms with Crippen molar-refractivity contribution >= 4 is 53.9 Å². The van der Waals surface area contributed by atoms with Gasteiger partial charge >= 0.3 is 0 Å². The van der Waals surface area contributed by atoms with Crippen molar-refractivity contribution in [1.82, 2.24) is 10.3 Å². The van der Waals surface area contributed by atoms with Crippen molar-refractivity contribution in [2.45, 2.75) is 0 Å². The van der Waals surface area contributed by atoms with Crippen molar-refractivity contribution in [3.8, 4) is 0 Å². The van der Waals surface area contributed by atoms with Gasteiger partial charge in [0, 0.05) is 10.8 Å². The van der Waals surface area contributed by atoms with E-state index in [9.17, 15) is 0 Å². The van der Waals surface area contributed by atoms with Crippen LogP contribution in [-0.2, 0) is 0 Å². The van der Waals surface area contributed by atoms with E-state index in [0.717, 1.165) is 20.4 Å². The number of aromatic nitrogens is 2. The fraction of sp³-hybridized carbons (Fsp3) is 0. The highest BCUT2D eigenvalue weighted by atomic mass is 32.1. The molecule has 0 aliphatic carbocycles. The van der Waals surface area contributed by atoms with E-state index in [-0.39, 0.29) is 0 Å². The quantitative estimate of drug-likeness (QED) is 0.464. The number of nitrogens with zero attached hydrogens (tertiary/aromatic N) is 2. The Kier molecular flexibility index (Phi) is 1.33. The van der Waals surface area contributed by atoms with Crippen LogP contribution in [0, 0.1) is 0 Å². The summed E-state index contributed by atoms with van der Waals surface area (Å²) in [5.41, 5.74) is 1.77. The Labute approximate surface area is 91.9 Å². The highest BCUT2D eigenvalue weighted by Gasteiger charge is 2.14. The average Bonchev–Trinajstić information content (AvgIpc) is 2.97. The van der Waals surface area contributed by atoms with Crippen molar-refractivity contribution in [2.24, 2.45) is 0 Å². The summed E-state index contributed by atoms with van der Waals surface area (Å²) in [6, 6.07) is 4.26. The summed E-state index contributed by atoms with van der Waals surface area (Å²) >= 11 is 3.36. The topological polar surface area (TPSA) is 38.9 Å². The molecule has 0 spiro atoms. The number of benzene rings is 1. The van der Waals surface area contributed by atoms with Crippen LogP contribution < -0.4 is 0 Å². The molecule has 0 aliphatic rings. The lowest BCUT2D eigenvalue weighted by atomic mass is 10.1. The molecule has 5 heteroatoms. The Hall–Kier alpha value is -1.46. The van der Waals surface area contributed by atoms with Crippen LogP contribution >= 0.6 is 22.7 Å². The maximum atomic E-state index is 4.83. The molecular formula is C10H4N2OS2. The summed E-state index contributed by atoms with van der Waals surface area (Å²) in [5.74, 6) is 0. The molecular weight excluding hydrogens is 228 g/mol. The second-order valence-electron chi connectivity index (χ2n) is 3.29. The zero-order valence-corrected chi connectivity index (χ0v) is 9.06. The van der Waals surface area contributed by atoms with Crippen LogP contribution in [-0.4, -0.2) is 10.3 Å². The first-order valence-electron chi connectivity index (χ1n) is 4.44. The standard InChI is InChI=1S/C10H4N2OS2/c1-3-14-9-5(1)6-2-4-15-10(6)8-7(9)11-13-12-8/h1-4H. The van der Waals surface area contributed by atoms with Crippen molar-refractivity contribution in [3.05, 3.63) is 22.9 Å². The maximum absolute atomic E-state index is 4.83. The third kappa shape index (κ3) is 0.848. The zero-order chi connectivity index (χ0) is 9.83. The Morgan fingerprint density at radius 1 is 0.867 bits per heavy atom. The lowest BCUT2D eigenvalue weighted by Gasteiger charge is -1.92. The molecule has 0 aliphatic heterocycles. The Bertz CT molecular complexity index is 585. The largest absolute Gasteiger partial charge is 0.243 e. The Balaban J connectivity index is 2.56. The van der Waals surface area contributed by atoms with Crippen LogP contribution in [0.25, 0.3) is 31.2 Å². The summed E-state index contributed by atoms with van der Waals surface area (Å²) in [4.78, 5) is 0. The van der Waals surface area contributed by atoms with Crippen LogP contribution in [0.15, 0.2) is 27.5 Å². The molecule has 0 amide bonds. The first-order valence-corrected chi connectivity index (χ1v) is 6.20. The van der Waals surface area contributed by atoms with Gasteiger partial charge in [-0.05, 0) is 33.2 Å². The number of fused-ring (bicyclic) bond motifs is 6. The molecule has 3 heterocycles. The van der Waals surface area contributed by atoms with E-state index in [1.165, 1.54) is 10.8 Å². The summed E-state index contributed by atoms with van der Waals surface area (Å²) in [6.45, 7) is 0. The van der Waals surface area contributed by atoms with Crippen LogP contribution in [0.1, 0.15) is 0 Å². The van der Waals surface area contributed by atoms with E-state index in [0.29, 0.717) is 0 Å². The number of hydrogen-bond donors (Lipinski definition) is 0. The SMILES string of the molecule is c1cc2c3ccsc3c3nonc3c2s1. The molecule has 3 aromatic heterocycles. The molecule has 0 N–H and O–H groups in total. The smallest absolute Gasteiger partial charge is 0.154 e. The molecule has 0 atom stereocenters. The molecule has 4 aromatic rings. The van der Waals surface area contributed by atoms with Gasteiger partial charge in [-0.3, -0.25) is 0 Å². The Morgan fingerprint density at radius 2 is 1.40 bits per heavy atom. The van der Waals surface area contributed by atoms with E-state index in [4.69, 9.17) is 4.63 Å². The van der Waals surface area contributed by atoms with E-state index in [1.54, 1.807) is 22.7 Å². The summed E-state index contributed by atoms with van der Waals surface area (Å²) < 4.78 is 7.16. The molecule has 1 aromatic carbocycles. The third-order valence-electron chi connectivity index (χ3n) is 2.54. The van der Waals surface area contributed by atoms with Gasteiger partial charge in [-0.25, -0.2) is 4.63 Å². The summed E-state index contributed by atoms with van der Waals surface area (Å²) in [6.07, 6.45) is 0. The van der Waals surface area contributed by atoms with Crippen molar-refractivity contribution in [3.63, 3.8) is 0 Å². The van der Waals surface area contributed by atoms with Crippen LogP contribution in [0.3, 0.4) is 0 Å². The monoisotopic (exact) mass is 232 g/mol. The number of thiophene rings is 2. The first kappa shape index (κ1) is 7.78. The normalized spacial score (nSPS) is 12.0. The van der Waals surface area contributed by atoms with Crippen molar-refractivity contribution in [1.29, 1.82) is 0 Å². The molecule has 0 unspecified atom stereocenters. The molecule has 0 saturated carbocycles. The predicted molar refractivity (Wildman–Crippen MR) is 62.6 cm³/mol. The molecule has 15 heavy (non-hydrogen) atoms. The first-order chi connectivity index (χ1) is 7.45. The minimum absolute atomic E-state index is 0.884. The second-order valence-corrected chi connectivity index (χ2v) is 5.12. The average molecular weight is 232 g/mol. The molecule has 0 bridgehead atoms. The van der Waals surface area contributed by atoms with Gasteiger partial charge in [0.1, 0.15) is 0 Å². The van der Waals surface area contributed by atoms with E-state index < -0.39 is 0 Å². The van der Waals surface area contributed by atoms with Crippen LogP contribution in [0.5, 0.6) is 0 Å². The minimum Gasteiger partial charge on any atom is -0.243 e. The van der Waals surface area contributed by atoms with Gasteiger partial charge < -0.3 is 0 Å². The summed E-state index contributed by atoms with van der Waals surface area (Å²) in [5, 5.41) is 14.6. The van der Waals surface area contributed by atoms with E-state index in [1.807, 2.05) is 0 Å². The number of rotatable bonds is 0. The molecule has 4 rings (SSSR count). The lowest BCUT2D eigenvalue weighted by Crippen LogP contribution is -1.72. The maximum Gasteiger partial charge on any atom is 0.154 e. The lowest BCUT2D eigenvalue weighted by molar-refractivity contribution is 0.316. The molecule has 3 nitrogen and oxygen atoms in total. The number of hydrogen-bond acceptors (Lipinski definition) is 5. The van der Waals surface area contributed by atoms with Gasteiger partial charge in [0.05, 0.1) is 9.40 Å². The molecule has 0 fully saturated rings. The van der Waals surface area contributed by atoms with Crippen molar-refractivity contribution in [2.75, 3.05) is 0 Å². The molecule has 0 radical (unpaired) electrons. The van der Waals surface area contributed by atoms with Crippen LogP contribution in [0.4, 0.5) is 0 Å². The fourth-order valence-electron chi connectivity index (χ4n) is 1.90. The second kappa shape index (κ2) is 2.56. The van der Waals surface area contributed by atoms with Gasteiger partial charge in [0.2, 0.25) is 0 Å². The molecule has 72 valence electrons. The van der Waals surface area contributed by atoms with Gasteiger partial charge in [-0.1, -0.05) is 0 Å². The van der Waals surface area contributed by atoms with E-state index in [2.05, 4.69) is 33.2 Å². The fourth-order valence-corrected chi connectivity index (χ4v) is 3.68.